The van der Waals surface area contributed by atoms with Crippen LogP contribution in [0, 0.1) is 5.41 Å². The van der Waals surface area contributed by atoms with Crippen LogP contribution < -0.4 is 5.32 Å². The maximum atomic E-state index is 12.0. The molecule has 1 atom stereocenters. The van der Waals surface area contributed by atoms with Gasteiger partial charge in [-0.25, -0.2) is 9.59 Å². The number of aliphatic hydroxyl groups is 1. The lowest BCUT2D eigenvalue weighted by atomic mass is 9.87. The van der Waals surface area contributed by atoms with Gasteiger partial charge in [-0.3, -0.25) is 0 Å². The van der Waals surface area contributed by atoms with Gasteiger partial charge in [0.05, 0.1) is 6.61 Å². The van der Waals surface area contributed by atoms with Crippen LogP contribution in [-0.4, -0.2) is 52.9 Å². The lowest BCUT2D eigenvalue weighted by Crippen LogP contribution is -2.53. The fraction of sp³-hybridized carbons (Fsp3) is 0.846. The van der Waals surface area contributed by atoms with Gasteiger partial charge in [0.15, 0.2) is 0 Å². The van der Waals surface area contributed by atoms with Gasteiger partial charge in [-0.15, -0.1) is 0 Å². The third-order valence-electron chi connectivity index (χ3n) is 2.82. The molecular weight excluding hydrogens is 248 g/mol. The average Bonchev–Trinajstić information content (AvgIpc) is 2.29. The van der Waals surface area contributed by atoms with Crippen molar-refractivity contribution in [1.82, 2.24) is 10.2 Å². The summed E-state index contributed by atoms with van der Waals surface area (Å²) in [5.41, 5.74) is -0.572. The molecule has 0 bridgehead atoms. The second kappa shape index (κ2) is 7.99. The summed E-state index contributed by atoms with van der Waals surface area (Å²) >= 11 is 0. The molecule has 0 radical (unpaired) electrons. The van der Waals surface area contributed by atoms with Gasteiger partial charge in [-0.1, -0.05) is 34.1 Å². The molecule has 6 heteroatoms. The van der Waals surface area contributed by atoms with E-state index in [1.54, 1.807) is 20.8 Å². The van der Waals surface area contributed by atoms with Crippen molar-refractivity contribution in [3.63, 3.8) is 0 Å². The normalized spacial score (nSPS) is 12.9. The summed E-state index contributed by atoms with van der Waals surface area (Å²) < 4.78 is 0. The molecule has 0 saturated carbocycles. The summed E-state index contributed by atoms with van der Waals surface area (Å²) in [4.78, 5) is 24.7. The molecule has 19 heavy (non-hydrogen) atoms. The minimum atomic E-state index is -1.06. The molecule has 0 aliphatic rings. The second-order valence-corrected chi connectivity index (χ2v) is 5.65. The lowest BCUT2D eigenvalue weighted by Gasteiger charge is -2.31. The van der Waals surface area contributed by atoms with Crippen molar-refractivity contribution in [2.45, 2.75) is 46.6 Å². The number of carbonyl (C=O) groups excluding carboxylic acids is 1. The number of rotatable bonds is 7. The Labute approximate surface area is 114 Å². The van der Waals surface area contributed by atoms with E-state index in [1.807, 2.05) is 6.92 Å². The van der Waals surface area contributed by atoms with Gasteiger partial charge in [0.25, 0.3) is 0 Å². The monoisotopic (exact) mass is 274 g/mol. The molecule has 0 rings (SSSR count). The van der Waals surface area contributed by atoms with Crippen LogP contribution in [-0.2, 0) is 4.79 Å². The molecule has 3 N–H and O–H groups in total. The fourth-order valence-electron chi connectivity index (χ4n) is 1.65. The molecule has 0 spiro atoms. The van der Waals surface area contributed by atoms with Gasteiger partial charge in [-0.2, -0.15) is 0 Å². The molecule has 0 fully saturated rings. The van der Waals surface area contributed by atoms with E-state index < -0.39 is 23.5 Å². The average molecular weight is 274 g/mol. The van der Waals surface area contributed by atoms with E-state index in [4.69, 9.17) is 10.2 Å². The Bertz CT molecular complexity index is 300. The molecule has 2 amide bonds. The van der Waals surface area contributed by atoms with Crippen molar-refractivity contribution in [2.24, 2.45) is 5.41 Å². The Hall–Kier alpha value is -1.30. The number of carbonyl (C=O) groups is 2. The highest BCUT2D eigenvalue weighted by molar-refractivity contribution is 5.83. The lowest BCUT2D eigenvalue weighted by molar-refractivity contribution is -0.142. The summed E-state index contributed by atoms with van der Waals surface area (Å²) in [6.07, 6.45) is 1.75. The predicted molar refractivity (Wildman–Crippen MR) is 73.0 cm³/mol. The highest BCUT2D eigenvalue weighted by Gasteiger charge is 2.33. The van der Waals surface area contributed by atoms with Crippen LogP contribution >= 0.6 is 0 Å². The number of nitrogens with zero attached hydrogens (tertiary/aromatic N) is 1. The predicted octanol–water partition coefficient (Wildman–Crippen LogP) is 1.29. The van der Waals surface area contributed by atoms with E-state index in [2.05, 4.69) is 5.32 Å². The smallest absolute Gasteiger partial charge is 0.326 e. The van der Waals surface area contributed by atoms with Crippen LogP contribution in [0.15, 0.2) is 0 Å². The molecule has 112 valence electrons. The standard InChI is InChI=1S/C13H26N2O4/c1-5-6-7-15(8-9-16)12(19)14-10(11(17)18)13(2,3)4/h10,16H,5-9H2,1-4H3,(H,14,19)(H,17,18)/t10-/m0/s1. The number of urea groups is 1. The maximum absolute atomic E-state index is 12.0. The minimum absolute atomic E-state index is 0.135. The SMILES string of the molecule is CCCCN(CCO)C(=O)N[C@@H](C(=O)O)C(C)(C)C. The number of amides is 2. The molecule has 0 heterocycles. The molecule has 0 aliphatic carbocycles. The minimum Gasteiger partial charge on any atom is -0.480 e. The summed E-state index contributed by atoms with van der Waals surface area (Å²) in [5.74, 6) is -1.06. The Morgan fingerprint density at radius 1 is 1.26 bits per heavy atom. The van der Waals surface area contributed by atoms with Crippen molar-refractivity contribution >= 4 is 12.0 Å². The maximum Gasteiger partial charge on any atom is 0.326 e. The van der Waals surface area contributed by atoms with Crippen molar-refractivity contribution in [3.8, 4) is 0 Å². The van der Waals surface area contributed by atoms with Crippen LogP contribution in [0.4, 0.5) is 4.79 Å². The second-order valence-electron chi connectivity index (χ2n) is 5.65. The first-order valence-corrected chi connectivity index (χ1v) is 6.63. The fourth-order valence-corrected chi connectivity index (χ4v) is 1.65. The quantitative estimate of drug-likeness (QED) is 0.652. The number of carboxylic acid groups (broad SMARTS) is 1. The summed E-state index contributed by atoms with van der Waals surface area (Å²) in [6, 6.07) is -1.40. The third kappa shape index (κ3) is 6.42. The molecule has 0 aromatic heterocycles. The first-order valence-electron chi connectivity index (χ1n) is 6.63. The molecule has 0 aliphatic heterocycles. The molecule has 6 nitrogen and oxygen atoms in total. The number of aliphatic carboxylic acids is 1. The molecular formula is C13H26N2O4. The Kier molecular flexibility index (Phi) is 7.44. The molecule has 0 saturated heterocycles. The summed E-state index contributed by atoms with van der Waals surface area (Å²) in [7, 11) is 0. The number of unbranched alkanes of at least 4 members (excludes halogenated alkanes) is 1. The van der Waals surface area contributed by atoms with E-state index in [1.165, 1.54) is 4.90 Å². The molecule has 0 aromatic carbocycles. The van der Waals surface area contributed by atoms with E-state index in [9.17, 15) is 9.59 Å². The largest absolute Gasteiger partial charge is 0.480 e. The zero-order valence-electron chi connectivity index (χ0n) is 12.3. The van der Waals surface area contributed by atoms with E-state index >= 15 is 0 Å². The zero-order valence-corrected chi connectivity index (χ0v) is 12.3. The van der Waals surface area contributed by atoms with Crippen molar-refractivity contribution < 1.29 is 19.8 Å². The van der Waals surface area contributed by atoms with Crippen LogP contribution in [0.5, 0.6) is 0 Å². The highest BCUT2D eigenvalue weighted by atomic mass is 16.4. The Morgan fingerprint density at radius 3 is 2.21 bits per heavy atom. The number of carboxylic acids is 1. The van der Waals surface area contributed by atoms with Gasteiger partial charge in [0.2, 0.25) is 0 Å². The van der Waals surface area contributed by atoms with E-state index in [0.29, 0.717) is 6.54 Å². The van der Waals surface area contributed by atoms with Crippen LogP contribution in [0.1, 0.15) is 40.5 Å². The Morgan fingerprint density at radius 2 is 1.84 bits per heavy atom. The van der Waals surface area contributed by atoms with Gasteiger partial charge < -0.3 is 20.4 Å². The van der Waals surface area contributed by atoms with Crippen LogP contribution in [0.3, 0.4) is 0 Å². The molecule has 0 aromatic rings. The van der Waals surface area contributed by atoms with Crippen molar-refractivity contribution in [2.75, 3.05) is 19.7 Å². The van der Waals surface area contributed by atoms with Crippen LogP contribution in [0.25, 0.3) is 0 Å². The van der Waals surface area contributed by atoms with Crippen molar-refractivity contribution in [1.29, 1.82) is 0 Å². The van der Waals surface area contributed by atoms with Gasteiger partial charge in [0.1, 0.15) is 6.04 Å². The number of hydrogen-bond acceptors (Lipinski definition) is 3. The summed E-state index contributed by atoms with van der Waals surface area (Å²) in [5, 5.41) is 20.6. The number of aliphatic hydroxyl groups excluding tert-OH is 1. The highest BCUT2D eigenvalue weighted by Crippen LogP contribution is 2.19. The van der Waals surface area contributed by atoms with Gasteiger partial charge in [-0.05, 0) is 11.8 Å². The number of hydrogen-bond donors (Lipinski definition) is 3. The Balaban J connectivity index is 4.71. The topological polar surface area (TPSA) is 89.9 Å². The molecule has 0 unspecified atom stereocenters. The summed E-state index contributed by atoms with van der Waals surface area (Å²) in [6.45, 7) is 7.87. The van der Waals surface area contributed by atoms with E-state index in [-0.39, 0.29) is 13.2 Å². The first-order chi connectivity index (χ1) is 8.73. The third-order valence-corrected chi connectivity index (χ3v) is 2.82. The van der Waals surface area contributed by atoms with Crippen molar-refractivity contribution in [3.05, 3.63) is 0 Å². The van der Waals surface area contributed by atoms with E-state index in [0.717, 1.165) is 12.8 Å². The first kappa shape index (κ1) is 17.7. The van der Waals surface area contributed by atoms with Gasteiger partial charge >= 0.3 is 12.0 Å². The number of nitrogens with one attached hydrogen (secondary N) is 1. The van der Waals surface area contributed by atoms with Crippen LogP contribution in [0.2, 0.25) is 0 Å². The van der Waals surface area contributed by atoms with Gasteiger partial charge in [0, 0.05) is 13.1 Å². The zero-order chi connectivity index (χ0) is 15.1.